The topological polar surface area (TPSA) is 76.1 Å². The van der Waals surface area contributed by atoms with E-state index in [2.05, 4.69) is 0 Å². The van der Waals surface area contributed by atoms with Crippen molar-refractivity contribution in [2.24, 2.45) is 0 Å². The Morgan fingerprint density at radius 2 is 1.73 bits per heavy atom. The highest BCUT2D eigenvalue weighted by Crippen LogP contribution is 2.19. The monoisotopic (exact) mass is 309 g/mol. The Morgan fingerprint density at radius 1 is 1.18 bits per heavy atom. The van der Waals surface area contributed by atoms with Crippen LogP contribution >= 0.6 is 0 Å². The quantitative estimate of drug-likeness (QED) is 0.796. The maximum absolute atomic E-state index is 12.4. The van der Waals surface area contributed by atoms with Crippen molar-refractivity contribution in [3.05, 3.63) is 24.3 Å². The minimum absolute atomic E-state index is 0.162. The summed E-state index contributed by atoms with van der Waals surface area (Å²) in [6, 6.07) is 6.71. The highest BCUT2D eigenvalue weighted by molar-refractivity contribution is 5.84. The first-order valence-corrected chi connectivity index (χ1v) is 7.22. The molecule has 0 aromatic heterocycles. The van der Waals surface area contributed by atoms with Gasteiger partial charge in [0.1, 0.15) is 18.0 Å². The molecule has 0 spiro atoms. The standard InChI is InChI=1S/C16H23NO5/c1-5-11(2)17(10-15(18)19)16(20)12(3)22-14-8-6-13(21-4)7-9-14/h6-9,11-12H,5,10H2,1-4H3,(H,18,19). The summed E-state index contributed by atoms with van der Waals surface area (Å²) in [5.41, 5.74) is 0. The molecule has 0 saturated heterocycles. The number of carboxylic acids is 1. The average Bonchev–Trinajstić information content (AvgIpc) is 2.51. The highest BCUT2D eigenvalue weighted by atomic mass is 16.5. The predicted molar refractivity (Wildman–Crippen MR) is 82.2 cm³/mol. The Morgan fingerprint density at radius 3 is 2.18 bits per heavy atom. The van der Waals surface area contributed by atoms with Crippen LogP contribution in [0.15, 0.2) is 24.3 Å². The van der Waals surface area contributed by atoms with Crippen LogP contribution in [0, 0.1) is 0 Å². The fraction of sp³-hybridized carbons (Fsp3) is 0.500. The number of aliphatic carboxylic acids is 1. The Bertz CT molecular complexity index is 500. The molecule has 1 aromatic carbocycles. The molecule has 1 aromatic rings. The van der Waals surface area contributed by atoms with Gasteiger partial charge in [-0.25, -0.2) is 0 Å². The van der Waals surface area contributed by atoms with Crippen LogP contribution in [0.2, 0.25) is 0 Å². The second-order valence-electron chi connectivity index (χ2n) is 5.05. The average molecular weight is 309 g/mol. The molecule has 122 valence electrons. The fourth-order valence-electron chi connectivity index (χ4n) is 1.96. The number of methoxy groups -OCH3 is 1. The van der Waals surface area contributed by atoms with Gasteiger partial charge in [-0.3, -0.25) is 9.59 Å². The van der Waals surface area contributed by atoms with E-state index in [-0.39, 0.29) is 18.5 Å². The van der Waals surface area contributed by atoms with Crippen molar-refractivity contribution in [2.75, 3.05) is 13.7 Å². The van der Waals surface area contributed by atoms with E-state index in [0.29, 0.717) is 17.9 Å². The zero-order valence-electron chi connectivity index (χ0n) is 13.4. The molecule has 0 bridgehead atoms. The Hall–Kier alpha value is -2.24. The molecule has 1 N–H and O–H groups in total. The molecule has 0 aliphatic heterocycles. The first-order valence-electron chi connectivity index (χ1n) is 7.22. The van der Waals surface area contributed by atoms with Gasteiger partial charge >= 0.3 is 5.97 Å². The molecule has 0 heterocycles. The Balaban J connectivity index is 2.77. The van der Waals surface area contributed by atoms with Gasteiger partial charge in [-0.15, -0.1) is 0 Å². The van der Waals surface area contributed by atoms with Gasteiger partial charge in [0.2, 0.25) is 0 Å². The second-order valence-corrected chi connectivity index (χ2v) is 5.05. The van der Waals surface area contributed by atoms with E-state index >= 15 is 0 Å². The Kier molecular flexibility index (Phi) is 6.69. The number of benzene rings is 1. The van der Waals surface area contributed by atoms with Crippen molar-refractivity contribution in [3.63, 3.8) is 0 Å². The summed E-state index contributed by atoms with van der Waals surface area (Å²) in [6.07, 6.45) is -0.0874. The smallest absolute Gasteiger partial charge is 0.323 e. The van der Waals surface area contributed by atoms with Crippen LogP contribution in [-0.2, 0) is 9.59 Å². The van der Waals surface area contributed by atoms with Crippen LogP contribution in [0.4, 0.5) is 0 Å². The molecule has 2 atom stereocenters. The number of carbonyl (C=O) groups is 2. The van der Waals surface area contributed by atoms with Crippen LogP contribution in [0.25, 0.3) is 0 Å². The first kappa shape index (κ1) is 17.8. The number of carbonyl (C=O) groups excluding carboxylic acids is 1. The van der Waals surface area contributed by atoms with Crippen LogP contribution in [0.5, 0.6) is 11.5 Å². The minimum Gasteiger partial charge on any atom is -0.497 e. The number of nitrogens with zero attached hydrogens (tertiary/aromatic N) is 1. The van der Waals surface area contributed by atoms with Crippen LogP contribution in [0.3, 0.4) is 0 Å². The number of rotatable bonds is 8. The number of hydrogen-bond donors (Lipinski definition) is 1. The van der Waals surface area contributed by atoms with Gasteiger partial charge < -0.3 is 19.5 Å². The number of ether oxygens (including phenoxy) is 2. The molecule has 0 fully saturated rings. The molecule has 0 saturated carbocycles. The SMILES string of the molecule is CCC(C)N(CC(=O)O)C(=O)C(C)Oc1ccc(OC)cc1. The molecule has 6 heteroatoms. The summed E-state index contributed by atoms with van der Waals surface area (Å²) in [4.78, 5) is 24.7. The normalized spacial score (nSPS) is 13.1. The number of carboxylic acid groups (broad SMARTS) is 1. The third-order valence-corrected chi connectivity index (χ3v) is 3.43. The van der Waals surface area contributed by atoms with Crippen molar-refractivity contribution >= 4 is 11.9 Å². The van der Waals surface area contributed by atoms with Crippen molar-refractivity contribution in [3.8, 4) is 11.5 Å². The molecular weight excluding hydrogens is 286 g/mol. The van der Waals surface area contributed by atoms with Crippen LogP contribution in [0.1, 0.15) is 27.2 Å². The zero-order chi connectivity index (χ0) is 16.7. The predicted octanol–water partition coefficient (Wildman–Crippen LogP) is 2.17. The van der Waals surface area contributed by atoms with Crippen molar-refractivity contribution in [1.29, 1.82) is 0 Å². The van der Waals surface area contributed by atoms with E-state index in [1.807, 2.05) is 13.8 Å². The third kappa shape index (κ3) is 4.95. The molecule has 1 amide bonds. The van der Waals surface area contributed by atoms with Crippen LogP contribution in [-0.4, -0.2) is 47.7 Å². The maximum atomic E-state index is 12.4. The van der Waals surface area contributed by atoms with Gasteiger partial charge in [0.25, 0.3) is 5.91 Å². The van der Waals surface area contributed by atoms with Gasteiger partial charge in [0.05, 0.1) is 7.11 Å². The summed E-state index contributed by atoms with van der Waals surface area (Å²) in [6.45, 7) is 5.01. The molecule has 22 heavy (non-hydrogen) atoms. The largest absolute Gasteiger partial charge is 0.497 e. The van der Waals surface area contributed by atoms with Gasteiger partial charge in [-0.1, -0.05) is 6.92 Å². The molecule has 0 aliphatic rings. The fourth-order valence-corrected chi connectivity index (χ4v) is 1.96. The van der Waals surface area contributed by atoms with E-state index < -0.39 is 12.1 Å². The third-order valence-electron chi connectivity index (χ3n) is 3.43. The summed E-state index contributed by atoms with van der Waals surface area (Å²) >= 11 is 0. The summed E-state index contributed by atoms with van der Waals surface area (Å²) in [5.74, 6) is -0.155. The summed E-state index contributed by atoms with van der Waals surface area (Å²) in [5, 5.41) is 8.96. The molecule has 1 rings (SSSR count). The maximum Gasteiger partial charge on any atom is 0.323 e. The lowest BCUT2D eigenvalue weighted by Crippen LogP contribution is -2.47. The van der Waals surface area contributed by atoms with E-state index in [0.717, 1.165) is 0 Å². The van der Waals surface area contributed by atoms with Crippen LogP contribution < -0.4 is 9.47 Å². The van der Waals surface area contributed by atoms with E-state index in [1.165, 1.54) is 4.90 Å². The lowest BCUT2D eigenvalue weighted by atomic mass is 10.2. The van der Waals surface area contributed by atoms with Gasteiger partial charge in [-0.2, -0.15) is 0 Å². The molecule has 0 radical (unpaired) electrons. The summed E-state index contributed by atoms with van der Waals surface area (Å²) in [7, 11) is 1.57. The van der Waals surface area contributed by atoms with E-state index in [9.17, 15) is 9.59 Å². The molecular formula is C16H23NO5. The van der Waals surface area contributed by atoms with E-state index in [1.54, 1.807) is 38.3 Å². The summed E-state index contributed by atoms with van der Waals surface area (Å²) < 4.78 is 10.6. The lowest BCUT2D eigenvalue weighted by molar-refractivity contribution is -0.149. The van der Waals surface area contributed by atoms with Gasteiger partial charge in [0, 0.05) is 6.04 Å². The minimum atomic E-state index is -1.04. The van der Waals surface area contributed by atoms with E-state index in [4.69, 9.17) is 14.6 Å². The Labute approximate surface area is 130 Å². The van der Waals surface area contributed by atoms with Crippen molar-refractivity contribution < 1.29 is 24.2 Å². The highest BCUT2D eigenvalue weighted by Gasteiger charge is 2.27. The first-order chi connectivity index (χ1) is 10.4. The molecule has 2 unspecified atom stereocenters. The second kappa shape index (κ2) is 8.26. The zero-order valence-corrected chi connectivity index (χ0v) is 13.4. The van der Waals surface area contributed by atoms with Crippen molar-refractivity contribution in [2.45, 2.75) is 39.3 Å². The van der Waals surface area contributed by atoms with Gasteiger partial charge in [0.15, 0.2) is 6.10 Å². The van der Waals surface area contributed by atoms with Crippen molar-refractivity contribution in [1.82, 2.24) is 4.90 Å². The molecule has 6 nitrogen and oxygen atoms in total. The lowest BCUT2D eigenvalue weighted by Gasteiger charge is -2.29. The number of hydrogen-bond acceptors (Lipinski definition) is 4. The number of amides is 1. The van der Waals surface area contributed by atoms with Gasteiger partial charge in [-0.05, 0) is 44.5 Å². The molecule has 0 aliphatic carbocycles.